The van der Waals surface area contributed by atoms with Crippen LogP contribution in [0.3, 0.4) is 0 Å². The Kier molecular flexibility index (Phi) is 5.79. The van der Waals surface area contributed by atoms with E-state index >= 15 is 0 Å². The molecule has 6 rings (SSSR count). The summed E-state index contributed by atoms with van der Waals surface area (Å²) in [4.78, 5) is 0. The molecule has 0 unspecified atom stereocenters. The second kappa shape index (κ2) is 9.32. The van der Waals surface area contributed by atoms with Gasteiger partial charge in [0.05, 0.1) is 40.0 Å². The van der Waals surface area contributed by atoms with Crippen molar-refractivity contribution in [3.05, 3.63) is 124 Å². The molecule has 0 N–H and O–H groups in total. The SMILES string of the molecule is Cc1c(C)c(-c2cccc(-c3ccccc3)c2)c(C)c(-n2c3ccc(C#N)cc3c3cc(C#N)ccc32)c1C. The number of aromatic nitrogens is 1. The largest absolute Gasteiger partial charge is 0.309 e. The zero-order valence-electron chi connectivity index (χ0n) is 22.5. The highest BCUT2D eigenvalue weighted by Gasteiger charge is 2.22. The molecule has 186 valence electrons. The van der Waals surface area contributed by atoms with Crippen LogP contribution in [0.25, 0.3) is 49.7 Å². The summed E-state index contributed by atoms with van der Waals surface area (Å²) >= 11 is 0. The lowest BCUT2D eigenvalue weighted by Crippen LogP contribution is -2.06. The third-order valence-electron chi connectivity index (χ3n) is 8.09. The Morgan fingerprint density at radius 2 is 1.08 bits per heavy atom. The first-order valence-corrected chi connectivity index (χ1v) is 13.1. The maximum Gasteiger partial charge on any atom is 0.0991 e. The normalized spacial score (nSPS) is 11.0. The highest BCUT2D eigenvalue weighted by Crippen LogP contribution is 2.41. The van der Waals surface area contributed by atoms with Gasteiger partial charge in [-0.3, -0.25) is 0 Å². The average molecular weight is 502 g/mol. The lowest BCUT2D eigenvalue weighted by atomic mass is 9.87. The van der Waals surface area contributed by atoms with E-state index in [-0.39, 0.29) is 0 Å². The van der Waals surface area contributed by atoms with Crippen LogP contribution in [-0.2, 0) is 0 Å². The van der Waals surface area contributed by atoms with Gasteiger partial charge in [-0.25, -0.2) is 0 Å². The van der Waals surface area contributed by atoms with Crippen molar-refractivity contribution in [2.24, 2.45) is 0 Å². The van der Waals surface area contributed by atoms with Crippen molar-refractivity contribution in [1.82, 2.24) is 4.57 Å². The van der Waals surface area contributed by atoms with Crippen LogP contribution in [0, 0.1) is 50.4 Å². The van der Waals surface area contributed by atoms with Gasteiger partial charge in [0.1, 0.15) is 0 Å². The third-order valence-corrected chi connectivity index (χ3v) is 8.09. The van der Waals surface area contributed by atoms with E-state index in [4.69, 9.17) is 0 Å². The van der Waals surface area contributed by atoms with Gasteiger partial charge < -0.3 is 4.57 Å². The molecule has 0 aliphatic carbocycles. The summed E-state index contributed by atoms with van der Waals surface area (Å²) in [5.74, 6) is 0. The van der Waals surface area contributed by atoms with E-state index in [0.29, 0.717) is 11.1 Å². The molecule has 0 amide bonds. The molecule has 0 saturated carbocycles. The third kappa shape index (κ3) is 3.80. The average Bonchev–Trinajstić information content (AvgIpc) is 3.29. The quantitative estimate of drug-likeness (QED) is 0.243. The summed E-state index contributed by atoms with van der Waals surface area (Å²) in [6.07, 6.45) is 0. The molecule has 5 aromatic carbocycles. The smallest absolute Gasteiger partial charge is 0.0991 e. The minimum atomic E-state index is 0.607. The molecule has 0 fully saturated rings. The molecular weight excluding hydrogens is 474 g/mol. The van der Waals surface area contributed by atoms with E-state index in [1.807, 2.05) is 42.5 Å². The monoisotopic (exact) mass is 501 g/mol. The maximum absolute atomic E-state index is 9.61. The minimum absolute atomic E-state index is 0.607. The number of benzene rings is 5. The number of hydrogen-bond acceptors (Lipinski definition) is 2. The van der Waals surface area contributed by atoms with Crippen molar-refractivity contribution in [1.29, 1.82) is 10.5 Å². The number of hydrogen-bond donors (Lipinski definition) is 0. The van der Waals surface area contributed by atoms with Crippen molar-refractivity contribution in [2.45, 2.75) is 27.7 Å². The molecule has 0 bridgehead atoms. The molecule has 0 saturated heterocycles. The van der Waals surface area contributed by atoms with Gasteiger partial charge >= 0.3 is 0 Å². The molecule has 1 heterocycles. The van der Waals surface area contributed by atoms with Crippen LogP contribution in [0.5, 0.6) is 0 Å². The van der Waals surface area contributed by atoms with E-state index < -0.39 is 0 Å². The molecule has 6 aromatic rings. The summed E-state index contributed by atoms with van der Waals surface area (Å²) in [5, 5.41) is 21.2. The van der Waals surface area contributed by atoms with Gasteiger partial charge in [-0.05, 0) is 115 Å². The van der Waals surface area contributed by atoms with Gasteiger partial charge in [-0.2, -0.15) is 10.5 Å². The predicted octanol–water partition coefficient (Wildman–Crippen LogP) is 9.09. The Bertz CT molecular complexity index is 1940. The van der Waals surface area contributed by atoms with Crippen LogP contribution in [0.4, 0.5) is 0 Å². The fourth-order valence-electron chi connectivity index (χ4n) is 5.98. The lowest BCUT2D eigenvalue weighted by Gasteiger charge is -2.23. The van der Waals surface area contributed by atoms with E-state index in [1.165, 1.54) is 44.5 Å². The van der Waals surface area contributed by atoms with Crippen LogP contribution in [0.15, 0.2) is 91.0 Å². The van der Waals surface area contributed by atoms with Crippen molar-refractivity contribution >= 4 is 21.8 Å². The molecule has 3 heteroatoms. The molecule has 0 radical (unpaired) electrons. The van der Waals surface area contributed by atoms with E-state index in [9.17, 15) is 10.5 Å². The second-order valence-electron chi connectivity index (χ2n) is 10.2. The van der Waals surface area contributed by atoms with Crippen LogP contribution >= 0.6 is 0 Å². The molecule has 0 spiro atoms. The van der Waals surface area contributed by atoms with E-state index in [1.54, 1.807) is 0 Å². The lowest BCUT2D eigenvalue weighted by molar-refractivity contribution is 1.09. The first kappa shape index (κ1) is 24.2. The van der Waals surface area contributed by atoms with E-state index in [0.717, 1.165) is 27.5 Å². The summed E-state index contributed by atoms with van der Waals surface area (Å²) in [6, 6.07) is 35.5. The van der Waals surface area contributed by atoms with Crippen molar-refractivity contribution in [2.75, 3.05) is 0 Å². The first-order valence-electron chi connectivity index (χ1n) is 13.1. The molecule has 39 heavy (non-hydrogen) atoms. The van der Waals surface area contributed by atoms with Crippen molar-refractivity contribution in [3.8, 4) is 40.1 Å². The van der Waals surface area contributed by atoms with Crippen molar-refractivity contribution in [3.63, 3.8) is 0 Å². The molecule has 1 aromatic heterocycles. The zero-order chi connectivity index (χ0) is 27.3. The second-order valence-corrected chi connectivity index (χ2v) is 10.2. The molecule has 0 aliphatic heterocycles. The summed E-state index contributed by atoms with van der Waals surface area (Å²) < 4.78 is 2.31. The number of nitriles is 2. The summed E-state index contributed by atoms with van der Waals surface area (Å²) in [5.41, 5.74) is 14.2. The van der Waals surface area contributed by atoms with E-state index in [2.05, 4.69) is 92.9 Å². The first-order chi connectivity index (χ1) is 18.9. The number of rotatable bonds is 3. The number of fused-ring (bicyclic) bond motifs is 3. The Hall–Kier alpha value is -5.12. The standard InChI is InChI=1S/C36H27N3/c1-22-23(2)35(30-12-8-11-29(19-30)28-9-6-5-7-10-28)25(4)36(24(22)3)39-33-15-13-26(20-37)17-31(33)32-18-27(21-38)14-16-34(32)39/h5-19H,1-4H3. The van der Waals surface area contributed by atoms with Crippen LogP contribution < -0.4 is 0 Å². The predicted molar refractivity (Wildman–Crippen MR) is 160 cm³/mol. The van der Waals surface area contributed by atoms with Gasteiger partial charge in [0.2, 0.25) is 0 Å². The topological polar surface area (TPSA) is 52.5 Å². The molecular formula is C36H27N3. The Balaban J connectivity index is 1.69. The molecule has 0 aliphatic rings. The van der Waals surface area contributed by atoms with Crippen LogP contribution in [-0.4, -0.2) is 4.57 Å². The molecule has 3 nitrogen and oxygen atoms in total. The van der Waals surface area contributed by atoms with Crippen LogP contribution in [0.2, 0.25) is 0 Å². The van der Waals surface area contributed by atoms with Gasteiger partial charge in [0.25, 0.3) is 0 Å². The summed E-state index contributed by atoms with van der Waals surface area (Å²) in [6.45, 7) is 8.82. The Morgan fingerprint density at radius 3 is 1.67 bits per heavy atom. The van der Waals surface area contributed by atoms with Gasteiger partial charge in [-0.1, -0.05) is 48.5 Å². The van der Waals surface area contributed by atoms with Gasteiger partial charge in [-0.15, -0.1) is 0 Å². The fourth-order valence-corrected chi connectivity index (χ4v) is 5.98. The Morgan fingerprint density at radius 1 is 0.513 bits per heavy atom. The Labute approximate surface area is 228 Å². The van der Waals surface area contributed by atoms with Crippen molar-refractivity contribution < 1.29 is 0 Å². The van der Waals surface area contributed by atoms with Gasteiger partial charge in [0.15, 0.2) is 0 Å². The zero-order valence-corrected chi connectivity index (χ0v) is 22.5. The van der Waals surface area contributed by atoms with Crippen LogP contribution in [0.1, 0.15) is 33.4 Å². The van der Waals surface area contributed by atoms with Gasteiger partial charge in [0, 0.05) is 10.8 Å². The highest BCUT2D eigenvalue weighted by molar-refractivity contribution is 6.10. The summed E-state index contributed by atoms with van der Waals surface area (Å²) in [7, 11) is 0. The molecule has 0 atom stereocenters. The minimum Gasteiger partial charge on any atom is -0.309 e. The fraction of sp³-hybridized carbons (Fsp3) is 0.111. The maximum atomic E-state index is 9.61. The highest BCUT2D eigenvalue weighted by atomic mass is 15.0. The number of nitrogens with zero attached hydrogens (tertiary/aromatic N) is 3.